The van der Waals surface area contributed by atoms with Crippen molar-refractivity contribution in [2.45, 2.75) is 0 Å². The molecule has 12 heteroatoms. The van der Waals surface area contributed by atoms with Gasteiger partial charge in [-0.25, -0.2) is 0 Å². The van der Waals surface area contributed by atoms with Crippen molar-refractivity contribution >= 4 is 51.4 Å². The van der Waals surface area contributed by atoms with Gasteiger partial charge in [0.15, 0.2) is 0 Å². The first-order valence-corrected chi connectivity index (χ1v) is 12.9. The number of nitrogens with zero attached hydrogens (tertiary/aromatic N) is 10. The van der Waals surface area contributed by atoms with Gasteiger partial charge in [-0.05, 0) is 6.08 Å². The molecule has 0 atom stereocenters. The third kappa shape index (κ3) is 2.51. The Kier molecular flexibility index (Phi) is 3.72. The summed E-state index contributed by atoms with van der Waals surface area (Å²) >= 11 is 0. The van der Waals surface area contributed by atoms with Gasteiger partial charge in [-0.15, -0.1) is 0 Å². The molecule has 0 spiro atoms. The second-order valence-electron chi connectivity index (χ2n) is 10.1. The summed E-state index contributed by atoms with van der Waals surface area (Å²) in [5, 5.41) is 0. The van der Waals surface area contributed by atoms with Crippen LogP contribution in [-0.4, -0.2) is 56.4 Å². The second-order valence-corrected chi connectivity index (χ2v) is 10.1. The Labute approximate surface area is 234 Å². The van der Waals surface area contributed by atoms with E-state index in [2.05, 4.69) is 49.9 Å². The molecule has 0 bridgehead atoms. The number of allylic oxidation sites excluding steroid dienone is 9. The molecule has 0 radical (unpaired) electrons. The van der Waals surface area contributed by atoms with Crippen molar-refractivity contribution in [3.63, 3.8) is 0 Å². The SMILES string of the molecule is O=c1nc(C2=NC=C2C2=NC=C2C2=NC=C2C2=NC=C2C2=NC=C2C2=NC=C2C2=NC=C2C2=NC=C2C2=NC=C2)c1=O. The maximum Gasteiger partial charge on any atom is 0.320 e. The molecule has 9 aliphatic heterocycles. The number of hydrogen-bond donors (Lipinski definition) is 0. The predicted octanol–water partition coefficient (Wildman–Crippen LogP) is 1.70. The van der Waals surface area contributed by atoms with E-state index in [1.165, 1.54) is 0 Å². The van der Waals surface area contributed by atoms with Crippen LogP contribution in [0.1, 0.15) is 5.69 Å². The zero-order valence-electron chi connectivity index (χ0n) is 21.1. The molecule has 0 aliphatic carbocycles. The highest BCUT2D eigenvalue weighted by Gasteiger charge is 2.41. The standard InChI is InChI=1S/C30H10N10O2/c41-29-28(40-30(29)42)27-18(10-39-27)26-17(9-38-26)25-16(8-37-25)24-15(7-36-24)23-14(6-35-23)22-13(5-34-22)21-12(4-33-21)20-11(3-32-20)19-1-2-31-19/h1-10H. The summed E-state index contributed by atoms with van der Waals surface area (Å²) in [6.07, 6.45) is 17.9. The van der Waals surface area contributed by atoms with Crippen LogP contribution in [0.3, 0.4) is 0 Å². The highest BCUT2D eigenvalue weighted by atomic mass is 16.2. The molecule has 10 rings (SSSR count). The number of aliphatic imine (C=N–C) groups is 9. The van der Waals surface area contributed by atoms with Gasteiger partial charge in [0.05, 0.1) is 45.7 Å². The van der Waals surface area contributed by atoms with E-state index in [4.69, 9.17) is 0 Å². The molecule has 0 N–H and O–H groups in total. The van der Waals surface area contributed by atoms with Crippen LogP contribution in [0, 0.1) is 0 Å². The summed E-state index contributed by atoms with van der Waals surface area (Å²) in [7, 11) is 0. The van der Waals surface area contributed by atoms with Crippen LogP contribution in [0.2, 0.25) is 0 Å². The topological polar surface area (TPSA) is 158 Å². The predicted molar refractivity (Wildman–Crippen MR) is 159 cm³/mol. The lowest BCUT2D eigenvalue weighted by Crippen LogP contribution is -2.44. The van der Waals surface area contributed by atoms with E-state index in [9.17, 15) is 9.59 Å². The fourth-order valence-corrected chi connectivity index (χ4v) is 5.36. The van der Waals surface area contributed by atoms with Gasteiger partial charge in [0.2, 0.25) is 0 Å². The van der Waals surface area contributed by atoms with Crippen molar-refractivity contribution in [3.8, 4) is 0 Å². The molecule has 9 aliphatic rings. The summed E-state index contributed by atoms with van der Waals surface area (Å²) in [5.74, 6) is 0. The molecule has 10 heterocycles. The summed E-state index contributed by atoms with van der Waals surface area (Å²) < 4.78 is 0. The Hall–Kier alpha value is -6.30. The lowest BCUT2D eigenvalue weighted by molar-refractivity contribution is 1.08. The molecule has 1 aromatic rings. The lowest BCUT2D eigenvalue weighted by Gasteiger charge is -2.32. The van der Waals surface area contributed by atoms with E-state index in [1.54, 1.807) is 31.0 Å². The van der Waals surface area contributed by atoms with Crippen LogP contribution < -0.4 is 11.0 Å². The molecule has 192 valence electrons. The van der Waals surface area contributed by atoms with Gasteiger partial charge in [-0.2, -0.15) is 4.98 Å². The second kappa shape index (κ2) is 7.26. The Morgan fingerprint density at radius 2 is 0.690 bits per heavy atom. The maximum atomic E-state index is 11.8. The molecule has 0 saturated heterocycles. The average molecular weight is 542 g/mol. The van der Waals surface area contributed by atoms with Crippen molar-refractivity contribution in [3.05, 3.63) is 133 Å². The summed E-state index contributed by atoms with van der Waals surface area (Å²) in [6.45, 7) is 0. The van der Waals surface area contributed by atoms with Gasteiger partial charge in [-0.3, -0.25) is 54.5 Å². The third-order valence-electron chi connectivity index (χ3n) is 7.98. The van der Waals surface area contributed by atoms with E-state index < -0.39 is 11.0 Å². The molecule has 1 aromatic heterocycles. The van der Waals surface area contributed by atoms with Crippen LogP contribution in [0.5, 0.6) is 0 Å². The van der Waals surface area contributed by atoms with Crippen molar-refractivity contribution < 1.29 is 0 Å². The van der Waals surface area contributed by atoms with Gasteiger partial charge in [0, 0.05) is 100 Å². The molecule has 0 amide bonds. The Morgan fingerprint density at radius 1 is 0.381 bits per heavy atom. The Morgan fingerprint density at radius 3 is 0.905 bits per heavy atom. The molecule has 0 fully saturated rings. The first-order valence-electron chi connectivity index (χ1n) is 12.9. The van der Waals surface area contributed by atoms with Gasteiger partial charge in [0.25, 0.3) is 5.43 Å². The first-order chi connectivity index (χ1) is 20.7. The quantitative estimate of drug-likeness (QED) is 0.436. The minimum atomic E-state index is -0.752. The smallest absolute Gasteiger partial charge is 0.281 e. The lowest BCUT2D eigenvalue weighted by atomic mass is 9.78. The zero-order valence-corrected chi connectivity index (χ0v) is 21.1. The highest BCUT2D eigenvalue weighted by Crippen LogP contribution is 2.38. The molecular weight excluding hydrogens is 532 g/mol. The summed E-state index contributed by atoms with van der Waals surface area (Å²) in [6, 6.07) is 0. The minimum absolute atomic E-state index is 0.0824. The average Bonchev–Trinajstić information content (AvgIpc) is 2.87. The van der Waals surface area contributed by atoms with E-state index in [-0.39, 0.29) is 5.69 Å². The van der Waals surface area contributed by atoms with Gasteiger partial charge < -0.3 is 0 Å². The first kappa shape index (κ1) is 21.5. The van der Waals surface area contributed by atoms with E-state index in [0.29, 0.717) is 17.0 Å². The van der Waals surface area contributed by atoms with Gasteiger partial charge in [0.1, 0.15) is 11.4 Å². The molecule has 42 heavy (non-hydrogen) atoms. The van der Waals surface area contributed by atoms with E-state index >= 15 is 0 Å². The monoisotopic (exact) mass is 542 g/mol. The fraction of sp³-hybridized carbons (Fsp3) is 0. The molecule has 0 unspecified atom stereocenters. The minimum Gasteiger partial charge on any atom is -0.281 e. The van der Waals surface area contributed by atoms with Crippen LogP contribution >= 0.6 is 0 Å². The van der Waals surface area contributed by atoms with Crippen LogP contribution in [0.4, 0.5) is 0 Å². The Bertz CT molecular complexity index is 2400. The van der Waals surface area contributed by atoms with Crippen LogP contribution in [-0.2, 0) is 0 Å². The molecule has 0 saturated carbocycles. The largest absolute Gasteiger partial charge is 0.320 e. The number of aromatic nitrogens is 1. The number of hydrogen-bond acceptors (Lipinski definition) is 12. The van der Waals surface area contributed by atoms with Gasteiger partial charge in [-0.1, -0.05) is 0 Å². The Balaban J connectivity index is 0.805. The zero-order chi connectivity index (χ0) is 27.7. The van der Waals surface area contributed by atoms with Crippen molar-refractivity contribution in [1.29, 1.82) is 0 Å². The molecular formula is C30H10N10O2. The molecule has 12 nitrogen and oxygen atoms in total. The normalized spacial score (nSPS) is 23.4. The summed E-state index contributed by atoms with van der Waals surface area (Å²) in [4.78, 5) is 66.6. The third-order valence-corrected chi connectivity index (χ3v) is 7.98. The van der Waals surface area contributed by atoms with Crippen molar-refractivity contribution in [1.82, 2.24) is 4.98 Å². The highest BCUT2D eigenvalue weighted by molar-refractivity contribution is 6.58. The van der Waals surface area contributed by atoms with Crippen molar-refractivity contribution in [2.24, 2.45) is 44.9 Å². The van der Waals surface area contributed by atoms with Crippen LogP contribution in [0.25, 0.3) is 0 Å². The fourth-order valence-electron chi connectivity index (χ4n) is 5.36. The van der Waals surface area contributed by atoms with Crippen LogP contribution in [0.15, 0.2) is 161 Å². The van der Waals surface area contributed by atoms with Gasteiger partial charge >= 0.3 is 5.56 Å². The maximum absolute atomic E-state index is 11.8. The number of rotatable bonds is 9. The molecule has 0 aromatic carbocycles. The van der Waals surface area contributed by atoms with E-state index in [1.807, 2.05) is 30.9 Å². The van der Waals surface area contributed by atoms with Crippen molar-refractivity contribution in [2.75, 3.05) is 0 Å². The van der Waals surface area contributed by atoms with E-state index in [0.717, 1.165) is 79.0 Å². The summed E-state index contributed by atoms with van der Waals surface area (Å²) in [5.41, 5.74) is 12.8.